The summed E-state index contributed by atoms with van der Waals surface area (Å²) in [6.45, 7) is 1.67. The molecule has 2 aliphatic carbocycles. The fourth-order valence-corrected chi connectivity index (χ4v) is 3.36. The molecule has 0 N–H and O–H groups in total. The van der Waals surface area contributed by atoms with E-state index >= 15 is 0 Å². The Kier molecular flexibility index (Phi) is 2.01. The molecule has 1 saturated heterocycles. The van der Waals surface area contributed by atoms with Gasteiger partial charge in [-0.2, -0.15) is 0 Å². The molecule has 1 amide bonds. The fraction of sp³-hybridized carbons (Fsp3) is 0.909. The number of halogens is 1. The third kappa shape index (κ3) is 1.44. The van der Waals surface area contributed by atoms with E-state index in [4.69, 9.17) is 11.6 Å². The second-order valence-electron chi connectivity index (χ2n) is 5.09. The normalized spacial score (nSPS) is 45.4. The van der Waals surface area contributed by atoms with Crippen molar-refractivity contribution in [3.63, 3.8) is 0 Å². The van der Waals surface area contributed by atoms with E-state index in [9.17, 15) is 4.79 Å². The van der Waals surface area contributed by atoms with Crippen LogP contribution >= 0.6 is 11.6 Å². The van der Waals surface area contributed by atoms with E-state index in [-0.39, 0.29) is 5.38 Å². The highest BCUT2D eigenvalue weighted by atomic mass is 35.5. The van der Waals surface area contributed by atoms with Crippen LogP contribution in [0.4, 0.5) is 0 Å². The zero-order valence-electron chi connectivity index (χ0n) is 8.29. The minimum Gasteiger partial charge on any atom is -0.341 e. The predicted octanol–water partition coefficient (Wildman–Crippen LogP) is 1.87. The van der Waals surface area contributed by atoms with Crippen LogP contribution in [0.15, 0.2) is 0 Å². The van der Waals surface area contributed by atoms with E-state index < -0.39 is 0 Å². The molecule has 3 rings (SSSR count). The third-order valence-corrected chi connectivity index (χ3v) is 4.39. The number of nitrogens with zero attached hydrogens (tertiary/aromatic N) is 1. The summed E-state index contributed by atoms with van der Waals surface area (Å²) in [4.78, 5) is 14.0. The smallest absolute Gasteiger partial charge is 0.225 e. The van der Waals surface area contributed by atoms with E-state index in [1.807, 2.05) is 4.90 Å². The number of hydrogen-bond donors (Lipinski definition) is 0. The Morgan fingerprint density at radius 1 is 1.21 bits per heavy atom. The van der Waals surface area contributed by atoms with Crippen LogP contribution in [0.2, 0.25) is 0 Å². The summed E-state index contributed by atoms with van der Waals surface area (Å²) >= 11 is 6.00. The molecule has 78 valence electrons. The topological polar surface area (TPSA) is 20.3 Å². The highest BCUT2D eigenvalue weighted by molar-refractivity contribution is 6.21. The molecule has 2 saturated carbocycles. The number of likely N-dealkylation sites (tertiary alicyclic amines) is 1. The van der Waals surface area contributed by atoms with Gasteiger partial charge < -0.3 is 4.90 Å². The lowest BCUT2D eigenvalue weighted by Crippen LogP contribution is -2.34. The van der Waals surface area contributed by atoms with Gasteiger partial charge in [0.2, 0.25) is 5.91 Å². The van der Waals surface area contributed by atoms with Crippen molar-refractivity contribution >= 4 is 17.5 Å². The van der Waals surface area contributed by atoms with E-state index in [1.165, 1.54) is 6.42 Å². The molecule has 2 nitrogen and oxygen atoms in total. The molecule has 0 radical (unpaired) electrons. The molecule has 1 heterocycles. The Hall–Kier alpha value is -0.240. The minimum absolute atomic E-state index is 0.204. The minimum atomic E-state index is 0.204. The SMILES string of the molecule is O=C(C1CC2CC2C1)N1CCC(Cl)C1. The van der Waals surface area contributed by atoms with E-state index in [1.54, 1.807) is 0 Å². The average Bonchev–Trinajstić information content (AvgIpc) is 2.64. The first-order chi connectivity index (χ1) is 6.74. The van der Waals surface area contributed by atoms with Gasteiger partial charge in [-0.05, 0) is 37.5 Å². The van der Waals surface area contributed by atoms with Crippen molar-refractivity contribution in [2.75, 3.05) is 13.1 Å². The summed E-state index contributed by atoms with van der Waals surface area (Å²) in [5.74, 6) is 2.54. The lowest BCUT2D eigenvalue weighted by molar-refractivity contribution is -0.134. The average molecular weight is 214 g/mol. The van der Waals surface area contributed by atoms with E-state index in [0.29, 0.717) is 11.8 Å². The summed E-state index contributed by atoms with van der Waals surface area (Å²) in [5.41, 5.74) is 0. The van der Waals surface area contributed by atoms with Gasteiger partial charge in [0, 0.05) is 19.0 Å². The zero-order chi connectivity index (χ0) is 9.71. The Morgan fingerprint density at radius 2 is 1.93 bits per heavy atom. The van der Waals surface area contributed by atoms with Crippen molar-refractivity contribution in [1.29, 1.82) is 0 Å². The number of rotatable bonds is 1. The highest BCUT2D eigenvalue weighted by Gasteiger charge is 2.49. The van der Waals surface area contributed by atoms with E-state index in [2.05, 4.69) is 0 Å². The lowest BCUT2D eigenvalue weighted by atomic mass is 10.0. The molecule has 0 bridgehead atoms. The van der Waals surface area contributed by atoms with Gasteiger partial charge in [-0.15, -0.1) is 11.6 Å². The number of hydrogen-bond acceptors (Lipinski definition) is 1. The van der Waals surface area contributed by atoms with Crippen LogP contribution in [-0.4, -0.2) is 29.3 Å². The third-order valence-electron chi connectivity index (χ3n) is 4.04. The van der Waals surface area contributed by atoms with Gasteiger partial charge in [0.05, 0.1) is 5.38 Å². The first-order valence-corrected chi connectivity index (χ1v) is 6.10. The van der Waals surface area contributed by atoms with Crippen LogP contribution in [0.5, 0.6) is 0 Å². The largest absolute Gasteiger partial charge is 0.341 e. The Bertz CT molecular complexity index is 249. The highest BCUT2D eigenvalue weighted by Crippen LogP contribution is 2.54. The van der Waals surface area contributed by atoms with Crippen LogP contribution in [0, 0.1) is 17.8 Å². The summed E-state index contributed by atoms with van der Waals surface area (Å²) in [6, 6.07) is 0. The predicted molar refractivity (Wildman–Crippen MR) is 55.2 cm³/mol. The standard InChI is InChI=1S/C11H16ClNO/c12-10-1-2-13(6-10)11(14)9-4-7-3-8(7)5-9/h7-10H,1-6H2. The van der Waals surface area contributed by atoms with Gasteiger partial charge in [0.25, 0.3) is 0 Å². The van der Waals surface area contributed by atoms with Crippen molar-refractivity contribution in [3.8, 4) is 0 Å². The molecule has 0 aromatic rings. The Balaban J connectivity index is 1.59. The van der Waals surface area contributed by atoms with Crippen LogP contribution in [0.25, 0.3) is 0 Å². The molecule has 3 unspecified atom stereocenters. The van der Waals surface area contributed by atoms with Crippen molar-refractivity contribution in [2.24, 2.45) is 17.8 Å². The molecule has 3 fully saturated rings. The van der Waals surface area contributed by atoms with Crippen LogP contribution in [0.1, 0.15) is 25.7 Å². The molecule has 3 heteroatoms. The second kappa shape index (κ2) is 3.13. The van der Waals surface area contributed by atoms with Crippen LogP contribution in [-0.2, 0) is 4.79 Å². The summed E-state index contributed by atoms with van der Waals surface area (Å²) < 4.78 is 0. The maximum Gasteiger partial charge on any atom is 0.225 e. The summed E-state index contributed by atoms with van der Waals surface area (Å²) in [5, 5.41) is 0.204. The van der Waals surface area contributed by atoms with Gasteiger partial charge in [-0.25, -0.2) is 0 Å². The van der Waals surface area contributed by atoms with Crippen molar-refractivity contribution < 1.29 is 4.79 Å². The first kappa shape index (κ1) is 9.02. The molecule has 0 aromatic heterocycles. The van der Waals surface area contributed by atoms with Crippen molar-refractivity contribution in [2.45, 2.75) is 31.1 Å². The molecular formula is C11H16ClNO. The number of fused-ring (bicyclic) bond motifs is 1. The summed E-state index contributed by atoms with van der Waals surface area (Å²) in [6.07, 6.45) is 4.69. The molecule has 0 aromatic carbocycles. The maximum atomic E-state index is 12.0. The lowest BCUT2D eigenvalue weighted by Gasteiger charge is -2.20. The van der Waals surface area contributed by atoms with Gasteiger partial charge in [-0.1, -0.05) is 0 Å². The molecule has 3 atom stereocenters. The molecule has 3 aliphatic rings. The molecule has 0 spiro atoms. The van der Waals surface area contributed by atoms with Gasteiger partial charge in [0.1, 0.15) is 0 Å². The van der Waals surface area contributed by atoms with Crippen LogP contribution in [0.3, 0.4) is 0 Å². The van der Waals surface area contributed by atoms with Crippen molar-refractivity contribution in [3.05, 3.63) is 0 Å². The number of amides is 1. The Labute approximate surface area is 89.6 Å². The van der Waals surface area contributed by atoms with Gasteiger partial charge >= 0.3 is 0 Å². The Morgan fingerprint density at radius 3 is 2.50 bits per heavy atom. The molecule has 14 heavy (non-hydrogen) atoms. The summed E-state index contributed by atoms with van der Waals surface area (Å²) in [7, 11) is 0. The number of carbonyl (C=O) groups excluding carboxylic acids is 1. The zero-order valence-corrected chi connectivity index (χ0v) is 9.04. The van der Waals surface area contributed by atoms with E-state index in [0.717, 1.165) is 44.2 Å². The fourth-order valence-electron chi connectivity index (χ4n) is 3.09. The monoisotopic (exact) mass is 213 g/mol. The maximum absolute atomic E-state index is 12.0. The number of alkyl halides is 1. The van der Waals surface area contributed by atoms with Crippen molar-refractivity contribution in [1.82, 2.24) is 4.90 Å². The molecule has 1 aliphatic heterocycles. The molecular weight excluding hydrogens is 198 g/mol. The van der Waals surface area contributed by atoms with Gasteiger partial charge in [0.15, 0.2) is 0 Å². The number of carbonyl (C=O) groups is 1. The van der Waals surface area contributed by atoms with Gasteiger partial charge in [-0.3, -0.25) is 4.79 Å². The van der Waals surface area contributed by atoms with Crippen LogP contribution < -0.4 is 0 Å². The quantitative estimate of drug-likeness (QED) is 0.609. The first-order valence-electron chi connectivity index (χ1n) is 5.67. The second-order valence-corrected chi connectivity index (χ2v) is 5.71.